The van der Waals surface area contributed by atoms with Crippen molar-refractivity contribution < 1.29 is 19.7 Å². The van der Waals surface area contributed by atoms with Crippen LogP contribution in [-0.2, 0) is 4.74 Å². The average molecular weight is 399 g/mol. The molecule has 1 saturated heterocycles. The van der Waals surface area contributed by atoms with Crippen LogP contribution in [0.15, 0.2) is 36.4 Å². The molecular formula is C23H30N2O4. The van der Waals surface area contributed by atoms with Gasteiger partial charge in [-0.05, 0) is 41.7 Å². The van der Waals surface area contributed by atoms with Crippen LogP contribution in [-0.4, -0.2) is 42.4 Å². The van der Waals surface area contributed by atoms with Crippen molar-refractivity contribution in [1.29, 1.82) is 0 Å². The molecule has 6 heteroatoms. The number of ether oxygens (including phenoxy) is 1. The highest BCUT2D eigenvalue weighted by atomic mass is 16.5. The van der Waals surface area contributed by atoms with Crippen LogP contribution < -0.4 is 10.2 Å². The lowest BCUT2D eigenvalue weighted by molar-refractivity contribution is 0.0277. The molecule has 1 heterocycles. The summed E-state index contributed by atoms with van der Waals surface area (Å²) in [6.45, 7) is 8.73. The van der Waals surface area contributed by atoms with Crippen molar-refractivity contribution >= 4 is 11.6 Å². The van der Waals surface area contributed by atoms with Crippen LogP contribution in [0.2, 0.25) is 0 Å². The lowest BCUT2D eigenvalue weighted by atomic mass is 9.98. The quantitative estimate of drug-likeness (QED) is 0.687. The molecule has 2 aromatic rings. The number of hydrogen-bond donors (Lipinski definition) is 3. The number of hydrogen-bond acceptors (Lipinski definition) is 5. The van der Waals surface area contributed by atoms with Crippen LogP contribution >= 0.6 is 0 Å². The van der Waals surface area contributed by atoms with Crippen LogP contribution in [0.3, 0.4) is 0 Å². The molecule has 0 aromatic heterocycles. The van der Waals surface area contributed by atoms with Crippen LogP contribution in [0.25, 0.3) is 0 Å². The van der Waals surface area contributed by atoms with Gasteiger partial charge in [0.15, 0.2) is 0 Å². The first-order chi connectivity index (χ1) is 13.9. The molecule has 0 spiro atoms. The van der Waals surface area contributed by atoms with E-state index < -0.39 is 0 Å². The summed E-state index contributed by atoms with van der Waals surface area (Å²) < 4.78 is 5.79. The third kappa shape index (κ3) is 4.71. The number of benzene rings is 2. The van der Waals surface area contributed by atoms with Crippen molar-refractivity contribution in [3.05, 3.63) is 53.1 Å². The Morgan fingerprint density at radius 3 is 2.52 bits per heavy atom. The summed E-state index contributed by atoms with van der Waals surface area (Å²) in [6.07, 6.45) is 0.793. The first kappa shape index (κ1) is 21.1. The van der Waals surface area contributed by atoms with Gasteiger partial charge in [-0.25, -0.2) is 0 Å². The predicted molar refractivity (Wildman–Crippen MR) is 114 cm³/mol. The Morgan fingerprint density at radius 1 is 1.21 bits per heavy atom. The van der Waals surface area contributed by atoms with E-state index in [1.165, 1.54) is 6.07 Å². The number of nitrogens with zero attached hydrogens (tertiary/aromatic N) is 1. The molecule has 156 valence electrons. The van der Waals surface area contributed by atoms with Gasteiger partial charge in [0.05, 0.1) is 18.3 Å². The molecular weight excluding hydrogens is 368 g/mol. The highest BCUT2D eigenvalue weighted by molar-refractivity contribution is 6.08. The summed E-state index contributed by atoms with van der Waals surface area (Å²) in [5.41, 5.74) is 2.67. The number of phenolic OH excluding ortho intramolecular Hbond substituents is 2. The van der Waals surface area contributed by atoms with E-state index in [0.29, 0.717) is 18.7 Å². The third-order valence-corrected chi connectivity index (χ3v) is 5.19. The fourth-order valence-electron chi connectivity index (χ4n) is 3.59. The molecule has 1 aliphatic heterocycles. The van der Waals surface area contributed by atoms with Gasteiger partial charge in [-0.1, -0.05) is 32.9 Å². The van der Waals surface area contributed by atoms with Gasteiger partial charge in [-0.15, -0.1) is 0 Å². The smallest absolute Gasteiger partial charge is 0.262 e. The van der Waals surface area contributed by atoms with E-state index in [9.17, 15) is 15.0 Å². The zero-order valence-electron chi connectivity index (χ0n) is 17.3. The van der Waals surface area contributed by atoms with E-state index >= 15 is 0 Å². The standard InChI is InChI=1S/C23H30N2O4/c1-4-10-25(17-7-5-16(6-8-17)22-14-24-9-11-29-22)23(28)19-12-18(15(2)3)20(26)13-21(19)27/h5-8,12-13,15,22,24,26-27H,4,9-11,14H2,1-3H3. The second-order valence-corrected chi connectivity index (χ2v) is 7.69. The maximum absolute atomic E-state index is 13.3. The van der Waals surface area contributed by atoms with E-state index in [-0.39, 0.29) is 35.0 Å². The Labute approximate surface area is 172 Å². The van der Waals surface area contributed by atoms with E-state index in [1.54, 1.807) is 11.0 Å². The van der Waals surface area contributed by atoms with Crippen molar-refractivity contribution in [2.45, 2.75) is 39.2 Å². The average Bonchev–Trinajstić information content (AvgIpc) is 2.72. The van der Waals surface area contributed by atoms with E-state index in [1.807, 2.05) is 45.0 Å². The minimum absolute atomic E-state index is 0.00142. The van der Waals surface area contributed by atoms with Crippen molar-refractivity contribution in [3.8, 4) is 11.5 Å². The SMILES string of the molecule is CCCN(C(=O)c1cc(C(C)C)c(O)cc1O)c1ccc(C2CNCCO2)cc1. The number of phenols is 2. The molecule has 1 unspecified atom stereocenters. The van der Waals surface area contributed by atoms with Crippen LogP contribution in [0.4, 0.5) is 5.69 Å². The van der Waals surface area contributed by atoms with E-state index in [0.717, 1.165) is 30.8 Å². The van der Waals surface area contributed by atoms with E-state index in [2.05, 4.69) is 5.32 Å². The van der Waals surface area contributed by atoms with Gasteiger partial charge in [0.1, 0.15) is 11.5 Å². The molecule has 0 aliphatic carbocycles. The minimum Gasteiger partial charge on any atom is -0.508 e. The van der Waals surface area contributed by atoms with Crippen molar-refractivity contribution in [3.63, 3.8) is 0 Å². The number of anilines is 1. The Hall–Kier alpha value is -2.57. The maximum atomic E-state index is 13.3. The molecule has 1 aliphatic rings. The summed E-state index contributed by atoms with van der Waals surface area (Å²) in [6, 6.07) is 10.7. The van der Waals surface area contributed by atoms with Gasteiger partial charge in [-0.2, -0.15) is 0 Å². The summed E-state index contributed by atoms with van der Waals surface area (Å²) in [5, 5.41) is 23.7. The molecule has 1 amide bonds. The summed E-state index contributed by atoms with van der Waals surface area (Å²) >= 11 is 0. The second-order valence-electron chi connectivity index (χ2n) is 7.69. The number of carbonyl (C=O) groups is 1. The molecule has 3 N–H and O–H groups in total. The number of aromatic hydroxyl groups is 2. The van der Waals surface area contributed by atoms with Crippen LogP contribution in [0.1, 0.15) is 60.7 Å². The van der Waals surface area contributed by atoms with Gasteiger partial charge in [-0.3, -0.25) is 4.79 Å². The van der Waals surface area contributed by atoms with Crippen molar-refractivity contribution in [2.24, 2.45) is 0 Å². The van der Waals surface area contributed by atoms with Gasteiger partial charge in [0.25, 0.3) is 5.91 Å². The summed E-state index contributed by atoms with van der Waals surface area (Å²) in [4.78, 5) is 14.9. The normalized spacial score (nSPS) is 16.8. The molecule has 1 fully saturated rings. The molecule has 29 heavy (non-hydrogen) atoms. The third-order valence-electron chi connectivity index (χ3n) is 5.19. The van der Waals surface area contributed by atoms with Gasteiger partial charge < -0.3 is 25.2 Å². The number of rotatable bonds is 6. The predicted octanol–water partition coefficient (Wildman–Crippen LogP) is 3.94. The van der Waals surface area contributed by atoms with Gasteiger partial charge in [0, 0.05) is 31.4 Å². The number of morpholine rings is 1. The van der Waals surface area contributed by atoms with E-state index in [4.69, 9.17) is 4.74 Å². The largest absolute Gasteiger partial charge is 0.508 e. The van der Waals surface area contributed by atoms with Crippen LogP contribution in [0.5, 0.6) is 11.5 Å². The Kier molecular flexibility index (Phi) is 6.77. The number of nitrogens with one attached hydrogen (secondary N) is 1. The highest BCUT2D eigenvalue weighted by Gasteiger charge is 2.23. The highest BCUT2D eigenvalue weighted by Crippen LogP contribution is 2.34. The van der Waals surface area contributed by atoms with Crippen LogP contribution in [0, 0.1) is 0 Å². The number of carbonyl (C=O) groups excluding carboxylic acids is 1. The molecule has 0 radical (unpaired) electrons. The van der Waals surface area contributed by atoms with Gasteiger partial charge >= 0.3 is 0 Å². The Morgan fingerprint density at radius 2 is 1.93 bits per heavy atom. The minimum atomic E-state index is -0.283. The zero-order chi connectivity index (χ0) is 21.0. The molecule has 0 bridgehead atoms. The second kappa shape index (κ2) is 9.29. The number of amides is 1. The first-order valence-electron chi connectivity index (χ1n) is 10.2. The lowest BCUT2D eigenvalue weighted by Gasteiger charge is -2.26. The summed E-state index contributed by atoms with van der Waals surface area (Å²) in [7, 11) is 0. The summed E-state index contributed by atoms with van der Waals surface area (Å²) in [5.74, 6) is -0.461. The molecule has 6 nitrogen and oxygen atoms in total. The zero-order valence-corrected chi connectivity index (χ0v) is 17.3. The fourth-order valence-corrected chi connectivity index (χ4v) is 3.59. The molecule has 0 saturated carbocycles. The van der Waals surface area contributed by atoms with Gasteiger partial charge in [0.2, 0.25) is 0 Å². The first-order valence-corrected chi connectivity index (χ1v) is 10.2. The Balaban J connectivity index is 1.89. The lowest BCUT2D eigenvalue weighted by Crippen LogP contribution is -2.33. The van der Waals surface area contributed by atoms with Crippen molar-refractivity contribution in [1.82, 2.24) is 5.32 Å². The molecule has 1 atom stereocenters. The maximum Gasteiger partial charge on any atom is 0.262 e. The topological polar surface area (TPSA) is 82.0 Å². The fraction of sp³-hybridized carbons (Fsp3) is 0.435. The Bertz CT molecular complexity index is 843. The van der Waals surface area contributed by atoms with Crippen molar-refractivity contribution in [2.75, 3.05) is 31.1 Å². The molecule has 3 rings (SSSR count). The monoisotopic (exact) mass is 398 g/mol. The molecule has 2 aromatic carbocycles.